The SMILES string of the molecule is CCCNC(=NCC1CCS(=O)(=O)C1)N1CCN(c2cc(C)ccn2)CC1.I. The molecule has 28 heavy (non-hydrogen) atoms. The van der Waals surface area contributed by atoms with Gasteiger partial charge in [0.2, 0.25) is 0 Å². The maximum absolute atomic E-state index is 11.7. The quantitative estimate of drug-likeness (QED) is 0.363. The van der Waals surface area contributed by atoms with Gasteiger partial charge in [-0.3, -0.25) is 4.99 Å². The van der Waals surface area contributed by atoms with E-state index in [1.54, 1.807) is 0 Å². The normalized spacial score (nSPS) is 22.1. The van der Waals surface area contributed by atoms with Crippen molar-refractivity contribution in [2.24, 2.45) is 10.9 Å². The van der Waals surface area contributed by atoms with Gasteiger partial charge in [0.1, 0.15) is 5.82 Å². The highest BCUT2D eigenvalue weighted by molar-refractivity contribution is 14.0. The van der Waals surface area contributed by atoms with Crippen LogP contribution in [0.3, 0.4) is 0 Å². The zero-order valence-electron chi connectivity index (χ0n) is 16.8. The fourth-order valence-electron chi connectivity index (χ4n) is 3.58. The molecule has 7 nitrogen and oxygen atoms in total. The van der Waals surface area contributed by atoms with Crippen LogP contribution < -0.4 is 10.2 Å². The van der Waals surface area contributed by atoms with Crippen LogP contribution in [-0.4, -0.2) is 75.0 Å². The van der Waals surface area contributed by atoms with Gasteiger partial charge in [-0.25, -0.2) is 13.4 Å². The standard InChI is InChI=1S/C19H31N5O2S.HI/c1-3-6-21-19(22-14-17-5-12-27(25,26)15-17)24-10-8-23(9-11-24)18-13-16(2)4-7-20-18;/h4,7,13,17H,3,5-6,8-12,14-15H2,1-2H3,(H,21,22);1H. The molecule has 9 heteroatoms. The van der Waals surface area contributed by atoms with Crippen LogP contribution in [0, 0.1) is 12.8 Å². The Kier molecular flexibility index (Phi) is 8.79. The fraction of sp³-hybridized carbons (Fsp3) is 0.684. The molecule has 2 saturated heterocycles. The monoisotopic (exact) mass is 521 g/mol. The van der Waals surface area contributed by atoms with Gasteiger partial charge in [0.25, 0.3) is 0 Å². The largest absolute Gasteiger partial charge is 0.356 e. The van der Waals surface area contributed by atoms with E-state index in [9.17, 15) is 8.42 Å². The minimum Gasteiger partial charge on any atom is -0.356 e. The van der Waals surface area contributed by atoms with Gasteiger partial charge < -0.3 is 15.1 Å². The predicted octanol–water partition coefficient (Wildman–Crippen LogP) is 1.92. The first-order valence-electron chi connectivity index (χ1n) is 9.88. The Morgan fingerprint density at radius 3 is 2.68 bits per heavy atom. The van der Waals surface area contributed by atoms with Crippen LogP contribution in [0.4, 0.5) is 5.82 Å². The molecule has 3 heterocycles. The summed E-state index contributed by atoms with van der Waals surface area (Å²) in [5, 5.41) is 3.44. The van der Waals surface area contributed by atoms with Gasteiger partial charge >= 0.3 is 0 Å². The van der Waals surface area contributed by atoms with Crippen molar-refractivity contribution >= 4 is 45.6 Å². The molecule has 0 amide bonds. The summed E-state index contributed by atoms with van der Waals surface area (Å²) in [7, 11) is -2.84. The van der Waals surface area contributed by atoms with Crippen molar-refractivity contribution in [3.8, 4) is 0 Å². The number of nitrogens with zero attached hydrogens (tertiary/aromatic N) is 4. The number of hydrogen-bond donors (Lipinski definition) is 1. The van der Waals surface area contributed by atoms with Crippen molar-refractivity contribution in [2.75, 3.05) is 55.7 Å². The Hall–Kier alpha value is -1.10. The van der Waals surface area contributed by atoms with Crippen molar-refractivity contribution < 1.29 is 8.42 Å². The lowest BCUT2D eigenvalue weighted by molar-refractivity contribution is 0.369. The molecule has 0 aliphatic carbocycles. The Morgan fingerprint density at radius 1 is 1.32 bits per heavy atom. The number of guanidine groups is 1. The molecule has 0 spiro atoms. The summed E-state index contributed by atoms with van der Waals surface area (Å²) in [6.07, 6.45) is 3.63. The summed E-state index contributed by atoms with van der Waals surface area (Å²) in [4.78, 5) is 13.9. The number of piperazine rings is 1. The van der Waals surface area contributed by atoms with Crippen molar-refractivity contribution in [2.45, 2.75) is 26.7 Å². The molecule has 1 unspecified atom stereocenters. The third-order valence-electron chi connectivity index (χ3n) is 5.16. The molecule has 0 radical (unpaired) electrons. The van der Waals surface area contributed by atoms with E-state index in [4.69, 9.17) is 4.99 Å². The molecular weight excluding hydrogens is 489 g/mol. The van der Waals surface area contributed by atoms with Crippen molar-refractivity contribution in [1.29, 1.82) is 0 Å². The minimum atomic E-state index is -2.84. The smallest absolute Gasteiger partial charge is 0.194 e. The lowest BCUT2D eigenvalue weighted by Gasteiger charge is -2.37. The van der Waals surface area contributed by atoms with Crippen LogP contribution in [0.2, 0.25) is 0 Å². The number of pyridine rings is 1. The molecule has 1 aromatic rings. The second-order valence-corrected chi connectivity index (χ2v) is 9.75. The molecule has 1 aromatic heterocycles. The number of halogens is 1. The zero-order chi connectivity index (χ0) is 19.3. The Morgan fingerprint density at radius 2 is 2.07 bits per heavy atom. The van der Waals surface area contributed by atoms with Gasteiger partial charge in [0.05, 0.1) is 11.5 Å². The molecular formula is C19H32IN5O2S. The maximum Gasteiger partial charge on any atom is 0.194 e. The summed E-state index contributed by atoms with van der Waals surface area (Å²) in [5.74, 6) is 2.70. The summed E-state index contributed by atoms with van der Waals surface area (Å²) < 4.78 is 23.3. The molecule has 2 fully saturated rings. The maximum atomic E-state index is 11.7. The number of nitrogens with one attached hydrogen (secondary N) is 1. The number of aliphatic imine (C=N–C) groups is 1. The van der Waals surface area contributed by atoms with E-state index in [0.717, 1.165) is 57.3 Å². The van der Waals surface area contributed by atoms with Gasteiger partial charge in [0.15, 0.2) is 15.8 Å². The molecule has 2 aliphatic rings. The summed E-state index contributed by atoms with van der Waals surface area (Å²) in [6.45, 7) is 9.26. The van der Waals surface area contributed by atoms with Crippen molar-refractivity contribution in [3.05, 3.63) is 23.9 Å². The van der Waals surface area contributed by atoms with Crippen LogP contribution in [0.25, 0.3) is 0 Å². The second-order valence-electron chi connectivity index (χ2n) is 7.53. The number of aryl methyl sites for hydroxylation is 1. The highest BCUT2D eigenvalue weighted by atomic mass is 127. The summed E-state index contributed by atoms with van der Waals surface area (Å²) in [6, 6.07) is 4.14. The van der Waals surface area contributed by atoms with E-state index in [2.05, 4.69) is 40.0 Å². The zero-order valence-corrected chi connectivity index (χ0v) is 19.9. The van der Waals surface area contributed by atoms with E-state index in [-0.39, 0.29) is 35.6 Å². The highest BCUT2D eigenvalue weighted by Crippen LogP contribution is 2.19. The van der Waals surface area contributed by atoms with E-state index in [0.29, 0.717) is 12.3 Å². The van der Waals surface area contributed by atoms with Crippen LogP contribution in [0.1, 0.15) is 25.3 Å². The molecule has 0 aromatic carbocycles. The van der Waals surface area contributed by atoms with Crippen molar-refractivity contribution in [3.63, 3.8) is 0 Å². The number of hydrogen-bond acceptors (Lipinski definition) is 5. The number of aromatic nitrogens is 1. The first-order chi connectivity index (χ1) is 13.0. The molecule has 158 valence electrons. The lowest BCUT2D eigenvalue weighted by atomic mass is 10.1. The van der Waals surface area contributed by atoms with Crippen LogP contribution in [0.5, 0.6) is 0 Å². The van der Waals surface area contributed by atoms with Gasteiger partial charge in [-0.1, -0.05) is 6.92 Å². The van der Waals surface area contributed by atoms with E-state index in [1.807, 2.05) is 12.3 Å². The topological polar surface area (TPSA) is 77.9 Å². The van der Waals surface area contributed by atoms with E-state index < -0.39 is 9.84 Å². The van der Waals surface area contributed by atoms with Gasteiger partial charge in [-0.2, -0.15) is 0 Å². The predicted molar refractivity (Wildman–Crippen MR) is 126 cm³/mol. The average molecular weight is 521 g/mol. The average Bonchev–Trinajstić information content (AvgIpc) is 3.01. The fourth-order valence-corrected chi connectivity index (χ4v) is 5.43. The third kappa shape index (κ3) is 6.47. The number of rotatable bonds is 5. The molecule has 2 aliphatic heterocycles. The van der Waals surface area contributed by atoms with E-state index in [1.165, 1.54) is 5.56 Å². The van der Waals surface area contributed by atoms with Crippen molar-refractivity contribution in [1.82, 2.24) is 15.2 Å². The lowest BCUT2D eigenvalue weighted by Crippen LogP contribution is -2.53. The second kappa shape index (κ2) is 10.6. The third-order valence-corrected chi connectivity index (χ3v) is 7.00. The number of anilines is 1. The summed E-state index contributed by atoms with van der Waals surface area (Å²) >= 11 is 0. The Balaban J connectivity index is 0.00000280. The van der Waals surface area contributed by atoms with Gasteiger partial charge in [-0.15, -0.1) is 24.0 Å². The summed E-state index contributed by atoms with van der Waals surface area (Å²) in [5.41, 5.74) is 1.22. The molecule has 3 rings (SSSR count). The Bertz CT molecular complexity index is 763. The number of sulfone groups is 1. The Labute approximate surface area is 185 Å². The van der Waals surface area contributed by atoms with Crippen LogP contribution >= 0.6 is 24.0 Å². The van der Waals surface area contributed by atoms with Gasteiger partial charge in [0, 0.05) is 45.5 Å². The van der Waals surface area contributed by atoms with Crippen LogP contribution in [-0.2, 0) is 9.84 Å². The first-order valence-corrected chi connectivity index (χ1v) is 11.7. The molecule has 1 atom stereocenters. The molecule has 1 N–H and O–H groups in total. The molecule has 0 saturated carbocycles. The van der Waals surface area contributed by atoms with E-state index >= 15 is 0 Å². The highest BCUT2D eigenvalue weighted by Gasteiger charge is 2.28. The minimum absolute atomic E-state index is 0. The van der Waals surface area contributed by atoms with Crippen LogP contribution in [0.15, 0.2) is 23.3 Å². The van der Waals surface area contributed by atoms with Gasteiger partial charge in [-0.05, 0) is 43.4 Å². The molecule has 0 bridgehead atoms. The first kappa shape index (κ1) is 23.2.